The van der Waals surface area contributed by atoms with Gasteiger partial charge < -0.3 is 14.6 Å². The molecule has 0 atom stereocenters. The molecule has 0 heterocycles. The number of rotatable bonds is 7. The van der Waals surface area contributed by atoms with E-state index in [0.29, 0.717) is 17.1 Å². The number of carboxylic acids is 1. The van der Waals surface area contributed by atoms with Gasteiger partial charge in [-0.3, -0.25) is 0 Å². The van der Waals surface area contributed by atoms with Gasteiger partial charge in [-0.25, -0.2) is 4.79 Å². The quantitative estimate of drug-likeness (QED) is 0.455. The van der Waals surface area contributed by atoms with Gasteiger partial charge in [-0.05, 0) is 47.0 Å². The zero-order chi connectivity index (χ0) is 20.6. The first-order valence-corrected chi connectivity index (χ1v) is 8.91. The Balaban J connectivity index is 1.77. The zero-order valence-corrected chi connectivity index (χ0v) is 15.8. The van der Waals surface area contributed by atoms with Gasteiger partial charge in [-0.2, -0.15) is 5.26 Å². The van der Waals surface area contributed by atoms with Crippen molar-refractivity contribution in [1.82, 2.24) is 0 Å². The predicted octanol–water partition coefficient (Wildman–Crippen LogP) is 5.04. The Morgan fingerprint density at radius 2 is 1.72 bits per heavy atom. The Bertz CT molecular complexity index is 1060. The maximum atomic E-state index is 10.9. The van der Waals surface area contributed by atoms with E-state index in [-0.39, 0.29) is 12.2 Å². The third-order valence-electron chi connectivity index (χ3n) is 4.30. The van der Waals surface area contributed by atoms with Gasteiger partial charge in [0, 0.05) is 0 Å². The smallest absolute Gasteiger partial charge is 0.335 e. The number of hydrogen-bond acceptors (Lipinski definition) is 4. The summed E-state index contributed by atoms with van der Waals surface area (Å²) in [5.74, 6) is 0.145. The predicted molar refractivity (Wildman–Crippen MR) is 111 cm³/mol. The Morgan fingerprint density at radius 1 is 1.00 bits per heavy atom. The van der Waals surface area contributed by atoms with Gasteiger partial charge in [0.15, 0.2) is 11.5 Å². The molecule has 0 amide bonds. The van der Waals surface area contributed by atoms with Crippen LogP contribution in [0.2, 0.25) is 0 Å². The maximum absolute atomic E-state index is 10.9. The summed E-state index contributed by atoms with van der Waals surface area (Å²) in [4.78, 5) is 10.9. The molecule has 0 saturated heterocycles. The van der Waals surface area contributed by atoms with E-state index >= 15 is 0 Å². The molecular formula is C24H19NO4. The number of carbonyl (C=O) groups is 1. The largest absolute Gasteiger partial charge is 0.493 e. The highest BCUT2D eigenvalue weighted by atomic mass is 16.5. The lowest BCUT2D eigenvalue weighted by Crippen LogP contribution is -2.00. The van der Waals surface area contributed by atoms with E-state index in [1.165, 1.54) is 0 Å². The van der Waals surface area contributed by atoms with Crippen molar-refractivity contribution in [3.63, 3.8) is 0 Å². The minimum Gasteiger partial charge on any atom is -0.493 e. The Hall–Kier alpha value is -4.04. The van der Waals surface area contributed by atoms with Crippen molar-refractivity contribution in [3.8, 4) is 17.6 Å². The lowest BCUT2D eigenvalue weighted by atomic mass is 10.0. The molecule has 3 aromatic rings. The van der Waals surface area contributed by atoms with E-state index in [1.807, 2.05) is 42.5 Å². The first-order chi connectivity index (χ1) is 14.1. The fraction of sp³-hybridized carbons (Fsp3) is 0.0833. The average molecular weight is 385 g/mol. The molecule has 0 saturated carbocycles. The van der Waals surface area contributed by atoms with Gasteiger partial charge in [0.1, 0.15) is 6.61 Å². The molecule has 0 aliphatic heterocycles. The van der Waals surface area contributed by atoms with Crippen LogP contribution in [-0.4, -0.2) is 18.2 Å². The molecule has 5 heteroatoms. The zero-order valence-electron chi connectivity index (χ0n) is 15.8. The summed E-state index contributed by atoms with van der Waals surface area (Å²) in [6.45, 7) is 0.277. The fourth-order valence-electron chi connectivity index (χ4n) is 2.76. The van der Waals surface area contributed by atoms with Crippen LogP contribution >= 0.6 is 0 Å². The second-order valence-corrected chi connectivity index (χ2v) is 6.24. The third-order valence-corrected chi connectivity index (χ3v) is 4.30. The fourth-order valence-corrected chi connectivity index (χ4v) is 2.76. The molecule has 29 heavy (non-hydrogen) atoms. The Morgan fingerprint density at radius 3 is 2.34 bits per heavy atom. The van der Waals surface area contributed by atoms with Crippen molar-refractivity contribution >= 4 is 17.6 Å². The number of hydrogen-bond donors (Lipinski definition) is 1. The van der Waals surface area contributed by atoms with Gasteiger partial charge in [0.2, 0.25) is 0 Å². The average Bonchev–Trinajstić information content (AvgIpc) is 2.77. The summed E-state index contributed by atoms with van der Waals surface area (Å²) >= 11 is 0. The number of methoxy groups -OCH3 is 1. The van der Waals surface area contributed by atoms with Gasteiger partial charge >= 0.3 is 5.97 Å². The van der Waals surface area contributed by atoms with E-state index in [0.717, 1.165) is 16.7 Å². The molecule has 3 rings (SSSR count). The highest BCUT2D eigenvalue weighted by Crippen LogP contribution is 2.30. The minimum atomic E-state index is -0.963. The van der Waals surface area contributed by atoms with Crippen LogP contribution in [-0.2, 0) is 6.61 Å². The van der Waals surface area contributed by atoms with Crippen molar-refractivity contribution < 1.29 is 19.4 Å². The topological polar surface area (TPSA) is 79.5 Å². The molecule has 3 aromatic carbocycles. The first-order valence-electron chi connectivity index (χ1n) is 8.91. The molecule has 0 aliphatic rings. The van der Waals surface area contributed by atoms with Gasteiger partial charge in [-0.1, -0.05) is 48.5 Å². The molecule has 0 spiro atoms. The highest BCUT2D eigenvalue weighted by Gasteiger charge is 2.08. The molecule has 144 valence electrons. The normalized spacial score (nSPS) is 10.8. The number of aromatic carboxylic acids is 1. The second kappa shape index (κ2) is 9.25. The summed E-state index contributed by atoms with van der Waals surface area (Å²) < 4.78 is 11.3. The van der Waals surface area contributed by atoms with Gasteiger partial charge in [-0.15, -0.1) is 0 Å². The van der Waals surface area contributed by atoms with Crippen LogP contribution in [0.5, 0.6) is 11.5 Å². The number of nitriles is 1. The molecule has 5 nitrogen and oxygen atoms in total. The lowest BCUT2D eigenvalue weighted by molar-refractivity contribution is 0.0697. The van der Waals surface area contributed by atoms with E-state index in [4.69, 9.17) is 14.6 Å². The number of allylic oxidation sites excluding steroid dienone is 1. The molecule has 0 fully saturated rings. The number of ether oxygens (including phenoxy) is 2. The summed E-state index contributed by atoms with van der Waals surface area (Å²) in [6.07, 6.45) is 1.80. The SMILES string of the molecule is COc1cc(/C=C(/C#N)c2ccccc2)ccc1OCc1ccc(C(=O)O)cc1. The molecule has 0 bridgehead atoms. The van der Waals surface area contributed by atoms with Crippen LogP contribution in [0.25, 0.3) is 11.6 Å². The van der Waals surface area contributed by atoms with Crippen LogP contribution in [0, 0.1) is 11.3 Å². The van der Waals surface area contributed by atoms with Crippen LogP contribution in [0.3, 0.4) is 0 Å². The van der Waals surface area contributed by atoms with Gasteiger partial charge in [0.05, 0.1) is 24.3 Å². The highest BCUT2D eigenvalue weighted by molar-refractivity contribution is 5.90. The summed E-state index contributed by atoms with van der Waals surface area (Å²) in [7, 11) is 1.56. The summed E-state index contributed by atoms with van der Waals surface area (Å²) in [5, 5.41) is 18.4. The van der Waals surface area contributed by atoms with Crippen LogP contribution in [0.4, 0.5) is 0 Å². The third kappa shape index (κ3) is 5.02. The lowest BCUT2D eigenvalue weighted by Gasteiger charge is -2.12. The number of carboxylic acid groups (broad SMARTS) is 1. The second-order valence-electron chi connectivity index (χ2n) is 6.24. The summed E-state index contributed by atoms with van der Waals surface area (Å²) in [5.41, 5.74) is 3.30. The Kier molecular flexibility index (Phi) is 6.29. The summed E-state index contributed by atoms with van der Waals surface area (Å²) in [6, 6.07) is 23.6. The van der Waals surface area contributed by atoms with Crippen molar-refractivity contribution in [1.29, 1.82) is 5.26 Å². The molecule has 0 unspecified atom stereocenters. The number of nitrogens with zero attached hydrogens (tertiary/aromatic N) is 1. The van der Waals surface area contributed by atoms with Crippen molar-refractivity contribution in [2.24, 2.45) is 0 Å². The van der Waals surface area contributed by atoms with E-state index in [2.05, 4.69) is 6.07 Å². The Labute approximate surface area is 169 Å². The van der Waals surface area contributed by atoms with Crippen LogP contribution in [0.1, 0.15) is 27.0 Å². The van der Waals surface area contributed by atoms with E-state index in [1.54, 1.807) is 43.5 Å². The van der Waals surface area contributed by atoms with Crippen LogP contribution in [0.15, 0.2) is 72.8 Å². The monoisotopic (exact) mass is 385 g/mol. The number of benzene rings is 3. The van der Waals surface area contributed by atoms with Crippen LogP contribution < -0.4 is 9.47 Å². The van der Waals surface area contributed by atoms with Crippen molar-refractivity contribution in [2.75, 3.05) is 7.11 Å². The molecular weight excluding hydrogens is 366 g/mol. The first kappa shape index (κ1) is 19.7. The molecule has 0 radical (unpaired) electrons. The standard InChI is InChI=1S/C24H19NO4/c1-28-23-14-18(13-21(15-25)19-5-3-2-4-6-19)9-12-22(23)29-16-17-7-10-20(11-8-17)24(26)27/h2-14H,16H2,1H3,(H,26,27)/b21-13-. The van der Waals surface area contributed by atoms with E-state index in [9.17, 15) is 10.1 Å². The van der Waals surface area contributed by atoms with E-state index < -0.39 is 5.97 Å². The van der Waals surface area contributed by atoms with Crippen molar-refractivity contribution in [2.45, 2.75) is 6.61 Å². The molecule has 0 aliphatic carbocycles. The molecule has 0 aromatic heterocycles. The molecule has 1 N–H and O–H groups in total. The minimum absolute atomic E-state index is 0.231. The maximum Gasteiger partial charge on any atom is 0.335 e. The van der Waals surface area contributed by atoms with Crippen molar-refractivity contribution in [3.05, 3.63) is 95.1 Å². The van der Waals surface area contributed by atoms with Gasteiger partial charge in [0.25, 0.3) is 0 Å².